The van der Waals surface area contributed by atoms with Crippen LogP contribution in [0.15, 0.2) is 20.0 Å². The molecule has 1 saturated carbocycles. The molecule has 1 aromatic rings. The standard InChI is InChI=1S/C13H17BrClNO3S/c14-13-12(7-10(8-15)19-13)20(17,18)16-6-2-4-9-3-1-5-11(9)16/h7,9,11H,1-6,8H2. The van der Waals surface area contributed by atoms with Crippen LogP contribution in [0.5, 0.6) is 0 Å². The fourth-order valence-corrected chi connectivity index (χ4v) is 6.32. The maximum Gasteiger partial charge on any atom is 0.247 e. The van der Waals surface area contributed by atoms with Crippen molar-refractivity contribution >= 4 is 37.6 Å². The molecule has 1 aromatic heterocycles. The van der Waals surface area contributed by atoms with E-state index in [1.807, 2.05) is 0 Å². The van der Waals surface area contributed by atoms with E-state index in [2.05, 4.69) is 15.9 Å². The topological polar surface area (TPSA) is 50.5 Å². The molecular weight excluding hydrogens is 366 g/mol. The zero-order valence-corrected chi connectivity index (χ0v) is 14.2. The van der Waals surface area contributed by atoms with Crippen LogP contribution in [-0.2, 0) is 15.9 Å². The Balaban J connectivity index is 1.96. The van der Waals surface area contributed by atoms with E-state index in [1.165, 1.54) is 6.07 Å². The number of halogens is 2. The second-order valence-corrected chi connectivity index (χ2v) is 8.35. The summed E-state index contributed by atoms with van der Waals surface area (Å²) in [5.41, 5.74) is 0. The van der Waals surface area contributed by atoms with Gasteiger partial charge >= 0.3 is 0 Å². The summed E-state index contributed by atoms with van der Waals surface area (Å²) >= 11 is 8.92. The van der Waals surface area contributed by atoms with Gasteiger partial charge in [0, 0.05) is 18.7 Å². The first-order valence-corrected chi connectivity index (χ1v) is 9.67. The van der Waals surface area contributed by atoms with Crippen molar-refractivity contribution in [2.24, 2.45) is 5.92 Å². The first-order chi connectivity index (χ1) is 9.54. The van der Waals surface area contributed by atoms with Gasteiger partial charge in [-0.05, 0) is 47.5 Å². The third-order valence-corrected chi connectivity index (χ3v) is 7.41. The summed E-state index contributed by atoms with van der Waals surface area (Å²) < 4.78 is 33.0. The Kier molecular flexibility index (Phi) is 4.19. The molecule has 2 heterocycles. The molecule has 0 N–H and O–H groups in total. The molecule has 0 radical (unpaired) electrons. The van der Waals surface area contributed by atoms with E-state index < -0.39 is 10.0 Å². The summed E-state index contributed by atoms with van der Waals surface area (Å²) in [6.07, 6.45) is 5.34. The highest BCUT2D eigenvalue weighted by atomic mass is 79.9. The van der Waals surface area contributed by atoms with Gasteiger partial charge in [-0.25, -0.2) is 8.42 Å². The third-order valence-electron chi connectivity index (χ3n) is 4.37. The molecule has 3 rings (SSSR count). The van der Waals surface area contributed by atoms with Gasteiger partial charge in [-0.15, -0.1) is 11.6 Å². The van der Waals surface area contributed by atoms with Crippen LogP contribution in [-0.4, -0.2) is 25.3 Å². The molecule has 1 saturated heterocycles. The van der Waals surface area contributed by atoms with Crippen LogP contribution in [0, 0.1) is 5.92 Å². The van der Waals surface area contributed by atoms with E-state index in [-0.39, 0.29) is 21.5 Å². The van der Waals surface area contributed by atoms with Crippen molar-refractivity contribution in [3.63, 3.8) is 0 Å². The summed E-state index contributed by atoms with van der Waals surface area (Å²) in [7, 11) is -3.50. The Hall–Kier alpha value is -0.0400. The lowest BCUT2D eigenvalue weighted by molar-refractivity contribution is 0.202. The lowest BCUT2D eigenvalue weighted by Crippen LogP contribution is -2.46. The van der Waals surface area contributed by atoms with Gasteiger partial charge in [0.2, 0.25) is 10.0 Å². The molecular formula is C13H17BrClNO3S. The molecule has 0 spiro atoms. The number of rotatable bonds is 3. The minimum atomic E-state index is -3.50. The Morgan fingerprint density at radius 3 is 2.80 bits per heavy atom. The first-order valence-electron chi connectivity index (χ1n) is 6.90. The van der Waals surface area contributed by atoms with Gasteiger partial charge in [-0.3, -0.25) is 0 Å². The normalized spacial score (nSPS) is 27.7. The number of nitrogens with zero attached hydrogens (tertiary/aromatic N) is 1. The van der Waals surface area contributed by atoms with Crippen molar-refractivity contribution in [3.05, 3.63) is 16.5 Å². The molecule has 112 valence electrons. The molecule has 2 unspecified atom stereocenters. The Bertz CT molecular complexity index is 601. The van der Waals surface area contributed by atoms with E-state index in [0.29, 0.717) is 18.2 Å². The van der Waals surface area contributed by atoms with Crippen LogP contribution in [0.2, 0.25) is 0 Å². The summed E-state index contributed by atoms with van der Waals surface area (Å²) in [4.78, 5) is 0.209. The van der Waals surface area contributed by atoms with Crippen LogP contribution < -0.4 is 0 Å². The number of alkyl halides is 1. The molecule has 0 bridgehead atoms. The fraction of sp³-hybridized carbons (Fsp3) is 0.692. The third kappa shape index (κ3) is 2.45. The van der Waals surface area contributed by atoms with Gasteiger partial charge in [0.05, 0.1) is 5.88 Å². The highest BCUT2D eigenvalue weighted by Crippen LogP contribution is 2.40. The molecule has 1 aliphatic carbocycles. The van der Waals surface area contributed by atoms with E-state index >= 15 is 0 Å². The van der Waals surface area contributed by atoms with Crippen molar-refractivity contribution in [1.82, 2.24) is 4.31 Å². The predicted octanol–water partition coefficient (Wildman–Crippen LogP) is 3.73. The maximum absolute atomic E-state index is 12.9. The van der Waals surface area contributed by atoms with E-state index in [9.17, 15) is 8.42 Å². The number of furan rings is 1. The van der Waals surface area contributed by atoms with Crippen molar-refractivity contribution in [1.29, 1.82) is 0 Å². The summed E-state index contributed by atoms with van der Waals surface area (Å²) in [5, 5.41) is 0. The van der Waals surface area contributed by atoms with Crippen LogP contribution >= 0.6 is 27.5 Å². The molecule has 2 fully saturated rings. The smallest absolute Gasteiger partial charge is 0.247 e. The van der Waals surface area contributed by atoms with Gasteiger partial charge in [0.25, 0.3) is 0 Å². The second-order valence-electron chi connectivity index (χ2n) is 5.50. The van der Waals surface area contributed by atoms with Gasteiger partial charge < -0.3 is 4.42 Å². The lowest BCUT2D eigenvalue weighted by Gasteiger charge is -2.36. The van der Waals surface area contributed by atoms with Crippen LogP contribution in [0.3, 0.4) is 0 Å². The monoisotopic (exact) mass is 381 g/mol. The molecule has 1 aliphatic heterocycles. The van der Waals surface area contributed by atoms with Crippen LogP contribution in [0.1, 0.15) is 37.9 Å². The van der Waals surface area contributed by atoms with Gasteiger partial charge in [-0.2, -0.15) is 4.31 Å². The lowest BCUT2D eigenvalue weighted by atomic mass is 9.94. The van der Waals surface area contributed by atoms with Crippen molar-refractivity contribution < 1.29 is 12.8 Å². The van der Waals surface area contributed by atoms with Gasteiger partial charge in [0.15, 0.2) is 4.67 Å². The zero-order valence-electron chi connectivity index (χ0n) is 11.0. The second kappa shape index (κ2) is 5.63. The van der Waals surface area contributed by atoms with Crippen molar-refractivity contribution in [2.45, 2.75) is 48.9 Å². The van der Waals surface area contributed by atoms with Gasteiger partial charge in [0.1, 0.15) is 10.7 Å². The largest absolute Gasteiger partial charge is 0.452 e. The first kappa shape index (κ1) is 14.9. The Morgan fingerprint density at radius 1 is 1.35 bits per heavy atom. The number of hydrogen-bond acceptors (Lipinski definition) is 3. The molecule has 0 aromatic carbocycles. The molecule has 20 heavy (non-hydrogen) atoms. The van der Waals surface area contributed by atoms with E-state index in [4.69, 9.17) is 16.0 Å². The summed E-state index contributed by atoms with van der Waals surface area (Å²) in [5.74, 6) is 1.16. The molecule has 2 aliphatic rings. The SMILES string of the molecule is O=S(=O)(c1cc(CCl)oc1Br)N1CCCC2CCCC21. The zero-order chi connectivity index (χ0) is 14.3. The highest BCUT2D eigenvalue weighted by Gasteiger charge is 2.42. The fourth-order valence-electron chi connectivity index (χ4n) is 3.47. The molecule has 2 atom stereocenters. The molecule has 4 nitrogen and oxygen atoms in total. The number of hydrogen-bond donors (Lipinski definition) is 0. The summed E-state index contributed by atoms with van der Waals surface area (Å²) in [6.45, 7) is 0.608. The van der Waals surface area contributed by atoms with E-state index in [1.54, 1.807) is 4.31 Å². The number of fused-ring (bicyclic) bond motifs is 1. The van der Waals surface area contributed by atoms with Crippen LogP contribution in [0.25, 0.3) is 0 Å². The number of piperidine rings is 1. The average Bonchev–Trinajstić information content (AvgIpc) is 3.03. The van der Waals surface area contributed by atoms with Gasteiger partial charge in [-0.1, -0.05) is 6.42 Å². The molecule has 0 amide bonds. The summed E-state index contributed by atoms with van der Waals surface area (Å²) in [6, 6.07) is 1.69. The number of sulfonamides is 1. The van der Waals surface area contributed by atoms with Crippen molar-refractivity contribution in [2.75, 3.05) is 6.54 Å². The van der Waals surface area contributed by atoms with Crippen LogP contribution in [0.4, 0.5) is 0 Å². The van der Waals surface area contributed by atoms with Crippen molar-refractivity contribution in [3.8, 4) is 0 Å². The Morgan fingerprint density at radius 2 is 2.10 bits per heavy atom. The average molecular weight is 383 g/mol. The maximum atomic E-state index is 12.9. The highest BCUT2D eigenvalue weighted by molar-refractivity contribution is 9.10. The Labute approximate surface area is 132 Å². The van der Waals surface area contributed by atoms with E-state index in [0.717, 1.165) is 32.1 Å². The predicted molar refractivity (Wildman–Crippen MR) is 80.2 cm³/mol. The minimum absolute atomic E-state index is 0.162. The molecule has 7 heteroatoms. The quantitative estimate of drug-likeness (QED) is 0.748. The minimum Gasteiger partial charge on any atom is -0.452 e.